The van der Waals surface area contributed by atoms with Gasteiger partial charge >= 0.3 is 0 Å². The van der Waals surface area contributed by atoms with E-state index in [0.29, 0.717) is 37.9 Å². The minimum Gasteiger partial charge on any atom is -0.490 e. The average Bonchev–Trinajstić information content (AvgIpc) is 2.90. The summed E-state index contributed by atoms with van der Waals surface area (Å²) in [6.45, 7) is 6.63. The molecule has 2 aromatic rings. The Labute approximate surface area is 176 Å². The number of ether oxygens (including phenoxy) is 2. The normalized spacial score (nSPS) is 13.5. The molecule has 1 aromatic carbocycles. The summed E-state index contributed by atoms with van der Waals surface area (Å²) in [7, 11) is 0. The molecule has 3 rings (SSSR count). The number of aryl methyl sites for hydroxylation is 2. The van der Waals surface area contributed by atoms with Crippen molar-refractivity contribution in [2.45, 2.75) is 33.1 Å². The molecule has 148 valence electrons. The number of hydrogen-bond donors (Lipinski definition) is 2. The van der Waals surface area contributed by atoms with Crippen LogP contribution < -0.4 is 20.1 Å². The monoisotopic (exact) mass is 487 g/mol. The lowest BCUT2D eigenvalue weighted by Crippen LogP contribution is -2.30. The number of aliphatic imine (C=N–C) groups is 1. The third-order valence-corrected chi connectivity index (χ3v) is 3.74. The Hall–Kier alpha value is -2.04. The molecule has 0 aliphatic carbocycles. The van der Waals surface area contributed by atoms with Crippen molar-refractivity contribution < 1.29 is 14.0 Å². The molecule has 0 radical (unpaired) electrons. The van der Waals surface area contributed by atoms with E-state index in [2.05, 4.69) is 25.8 Å². The third kappa shape index (κ3) is 6.56. The van der Waals surface area contributed by atoms with E-state index in [1.165, 1.54) is 0 Å². The summed E-state index contributed by atoms with van der Waals surface area (Å²) in [4.78, 5) is 8.79. The molecular weight excluding hydrogens is 461 g/mol. The second-order valence-electron chi connectivity index (χ2n) is 5.94. The van der Waals surface area contributed by atoms with Crippen LogP contribution in [-0.4, -0.2) is 42.4 Å². The Bertz CT molecular complexity index is 750. The number of rotatable bonds is 6. The summed E-state index contributed by atoms with van der Waals surface area (Å²) in [6.07, 6.45) is 2.44. The average molecular weight is 487 g/mol. The maximum Gasteiger partial charge on any atom is 0.226 e. The van der Waals surface area contributed by atoms with Gasteiger partial charge in [-0.3, -0.25) is 4.99 Å². The van der Waals surface area contributed by atoms with Gasteiger partial charge in [-0.2, -0.15) is 4.98 Å². The van der Waals surface area contributed by atoms with Crippen LogP contribution in [0.1, 0.15) is 31.5 Å². The quantitative estimate of drug-likeness (QED) is 0.280. The first kappa shape index (κ1) is 21.3. The number of fused-ring (bicyclic) bond motifs is 1. The third-order valence-electron chi connectivity index (χ3n) is 3.74. The predicted molar refractivity (Wildman–Crippen MR) is 114 cm³/mol. The van der Waals surface area contributed by atoms with E-state index in [9.17, 15) is 0 Å². The van der Waals surface area contributed by atoms with E-state index in [1.807, 2.05) is 32.0 Å². The van der Waals surface area contributed by atoms with Crippen molar-refractivity contribution in [3.63, 3.8) is 0 Å². The van der Waals surface area contributed by atoms with E-state index in [-0.39, 0.29) is 24.0 Å². The zero-order chi connectivity index (χ0) is 18.2. The Morgan fingerprint density at radius 1 is 1.22 bits per heavy atom. The first-order chi connectivity index (χ1) is 12.7. The van der Waals surface area contributed by atoms with E-state index < -0.39 is 0 Å². The summed E-state index contributed by atoms with van der Waals surface area (Å²) < 4.78 is 16.5. The molecule has 0 atom stereocenters. The zero-order valence-corrected chi connectivity index (χ0v) is 18.0. The Morgan fingerprint density at radius 2 is 2.04 bits per heavy atom. The first-order valence-electron chi connectivity index (χ1n) is 8.99. The van der Waals surface area contributed by atoms with Crippen molar-refractivity contribution in [3.05, 3.63) is 29.9 Å². The Balaban J connectivity index is 0.00000261. The van der Waals surface area contributed by atoms with Crippen molar-refractivity contribution in [2.75, 3.05) is 31.6 Å². The van der Waals surface area contributed by atoms with E-state index >= 15 is 0 Å². The van der Waals surface area contributed by atoms with Gasteiger partial charge in [-0.15, -0.1) is 24.0 Å². The van der Waals surface area contributed by atoms with Crippen LogP contribution in [0.3, 0.4) is 0 Å². The number of nitrogens with zero attached hydrogens (tertiary/aromatic N) is 3. The minimum absolute atomic E-state index is 0. The molecule has 0 fully saturated rings. The lowest BCUT2D eigenvalue weighted by atomic mass is 10.2. The topological polar surface area (TPSA) is 93.8 Å². The Kier molecular flexibility index (Phi) is 8.62. The van der Waals surface area contributed by atoms with Gasteiger partial charge in [0.15, 0.2) is 23.3 Å². The largest absolute Gasteiger partial charge is 0.490 e. The standard InChI is InChI=1S/C18H25N5O3.HI/c1-3-19-18(20-9-4-6-17-21-13(2)23-26-17)22-14-7-8-15-16(12-14)25-11-5-10-24-15;/h7-8,12H,3-6,9-11H2,1-2H3,(H2,19,20,22);1H. The van der Waals surface area contributed by atoms with Gasteiger partial charge in [-0.25, -0.2) is 0 Å². The fraction of sp³-hybridized carbons (Fsp3) is 0.500. The predicted octanol–water partition coefficient (Wildman–Crippen LogP) is 3.17. The first-order valence-corrected chi connectivity index (χ1v) is 8.99. The van der Waals surface area contributed by atoms with E-state index in [0.717, 1.165) is 42.5 Å². The highest BCUT2D eigenvalue weighted by atomic mass is 127. The number of aromatic nitrogens is 2. The number of hydrogen-bond acceptors (Lipinski definition) is 6. The molecule has 0 saturated heterocycles. The zero-order valence-electron chi connectivity index (χ0n) is 15.7. The molecule has 1 aliphatic heterocycles. The molecule has 0 amide bonds. The van der Waals surface area contributed by atoms with Crippen LogP contribution in [0.15, 0.2) is 27.7 Å². The van der Waals surface area contributed by atoms with Crippen LogP contribution >= 0.6 is 24.0 Å². The highest BCUT2D eigenvalue weighted by Crippen LogP contribution is 2.32. The van der Waals surface area contributed by atoms with Crippen molar-refractivity contribution >= 4 is 35.6 Å². The minimum atomic E-state index is 0. The number of guanidine groups is 1. The highest BCUT2D eigenvalue weighted by molar-refractivity contribution is 14.0. The van der Waals surface area contributed by atoms with Crippen LogP contribution in [0.25, 0.3) is 0 Å². The second kappa shape index (κ2) is 11.0. The SMILES string of the molecule is CCNC(=NCCCc1nc(C)no1)Nc1ccc2c(c1)OCCCO2.I. The van der Waals surface area contributed by atoms with Crippen LogP contribution in [0.5, 0.6) is 11.5 Å². The molecule has 1 aromatic heterocycles. The molecular formula is C18H26IN5O3. The number of benzene rings is 1. The molecule has 2 N–H and O–H groups in total. The Morgan fingerprint density at radius 3 is 2.78 bits per heavy atom. The number of halogens is 1. The lowest BCUT2D eigenvalue weighted by molar-refractivity contribution is 0.297. The smallest absolute Gasteiger partial charge is 0.226 e. The highest BCUT2D eigenvalue weighted by Gasteiger charge is 2.11. The van der Waals surface area contributed by atoms with Gasteiger partial charge in [0.05, 0.1) is 13.2 Å². The summed E-state index contributed by atoms with van der Waals surface area (Å²) in [5.41, 5.74) is 0.904. The van der Waals surface area contributed by atoms with Gasteiger partial charge in [0.2, 0.25) is 5.89 Å². The summed E-state index contributed by atoms with van der Waals surface area (Å²) in [5, 5.41) is 10.3. The summed E-state index contributed by atoms with van der Waals surface area (Å²) in [5.74, 6) is 3.58. The fourth-order valence-corrected chi connectivity index (χ4v) is 2.55. The summed E-state index contributed by atoms with van der Waals surface area (Å²) >= 11 is 0. The number of nitrogens with one attached hydrogen (secondary N) is 2. The molecule has 1 aliphatic rings. The van der Waals surface area contributed by atoms with Crippen LogP contribution in [-0.2, 0) is 6.42 Å². The maximum atomic E-state index is 5.73. The van der Waals surface area contributed by atoms with Crippen molar-refractivity contribution in [2.24, 2.45) is 4.99 Å². The van der Waals surface area contributed by atoms with Gasteiger partial charge in [-0.05, 0) is 32.4 Å². The molecule has 9 heteroatoms. The maximum absolute atomic E-state index is 5.73. The molecule has 0 bridgehead atoms. The number of anilines is 1. The molecule has 0 spiro atoms. The molecule has 0 saturated carbocycles. The lowest BCUT2D eigenvalue weighted by Gasteiger charge is -2.13. The van der Waals surface area contributed by atoms with Gasteiger partial charge in [0.1, 0.15) is 0 Å². The van der Waals surface area contributed by atoms with Gasteiger partial charge in [0, 0.05) is 37.7 Å². The van der Waals surface area contributed by atoms with Gasteiger partial charge in [0.25, 0.3) is 0 Å². The fourth-order valence-electron chi connectivity index (χ4n) is 2.55. The molecule has 2 heterocycles. The molecule has 8 nitrogen and oxygen atoms in total. The van der Waals surface area contributed by atoms with Crippen molar-refractivity contribution in [1.82, 2.24) is 15.5 Å². The van der Waals surface area contributed by atoms with Crippen LogP contribution in [0.4, 0.5) is 5.69 Å². The second-order valence-corrected chi connectivity index (χ2v) is 5.94. The van der Waals surface area contributed by atoms with Gasteiger partial charge in [-0.1, -0.05) is 5.16 Å². The van der Waals surface area contributed by atoms with E-state index in [4.69, 9.17) is 14.0 Å². The van der Waals surface area contributed by atoms with Crippen LogP contribution in [0, 0.1) is 6.92 Å². The molecule has 27 heavy (non-hydrogen) atoms. The summed E-state index contributed by atoms with van der Waals surface area (Å²) in [6, 6.07) is 5.82. The van der Waals surface area contributed by atoms with Crippen molar-refractivity contribution in [1.29, 1.82) is 0 Å². The molecule has 0 unspecified atom stereocenters. The van der Waals surface area contributed by atoms with Crippen LogP contribution in [0.2, 0.25) is 0 Å². The van der Waals surface area contributed by atoms with Gasteiger partial charge < -0.3 is 24.6 Å². The van der Waals surface area contributed by atoms with Crippen molar-refractivity contribution in [3.8, 4) is 11.5 Å². The van der Waals surface area contributed by atoms with E-state index in [1.54, 1.807) is 0 Å².